The molecule has 0 spiro atoms. The number of hydrogen-bond donors (Lipinski definition) is 1. The Hall–Kier alpha value is -0.183. The summed E-state index contributed by atoms with van der Waals surface area (Å²) >= 11 is 0. The minimum Gasteiger partial charge on any atom is -0.415 e. The summed E-state index contributed by atoms with van der Waals surface area (Å²) in [5, 5.41) is 9.22. The zero-order valence-electron chi connectivity index (χ0n) is 22.8. The SMILES string of the molecule is CC(O)COC(C)COC(C)COC(C)COCCOCCOCCOCCOCCO[Si](C)C. The van der Waals surface area contributed by atoms with Gasteiger partial charge in [0.15, 0.2) is 0 Å². The van der Waals surface area contributed by atoms with E-state index < -0.39 is 15.1 Å². The van der Waals surface area contributed by atoms with Crippen LogP contribution in [-0.4, -0.2) is 131 Å². The third-order valence-electron chi connectivity index (χ3n) is 4.31. The van der Waals surface area contributed by atoms with Crippen LogP contribution >= 0.6 is 0 Å². The second-order valence-corrected chi connectivity index (χ2v) is 10.7. The van der Waals surface area contributed by atoms with Crippen molar-refractivity contribution in [3.63, 3.8) is 0 Å². The summed E-state index contributed by atoms with van der Waals surface area (Å²) in [7, 11) is -0.630. The van der Waals surface area contributed by atoms with Crippen LogP contribution in [0.25, 0.3) is 0 Å². The van der Waals surface area contributed by atoms with E-state index >= 15 is 0 Å². The molecule has 4 unspecified atom stereocenters. The van der Waals surface area contributed by atoms with Crippen molar-refractivity contribution in [1.29, 1.82) is 0 Å². The Morgan fingerprint density at radius 1 is 0.486 bits per heavy atom. The third kappa shape index (κ3) is 28.2. The molecule has 0 fully saturated rings. The molecule has 0 aliphatic rings. The van der Waals surface area contributed by atoms with Crippen molar-refractivity contribution in [2.24, 2.45) is 0 Å². The number of aliphatic hydroxyl groups is 1. The quantitative estimate of drug-likeness (QED) is 0.126. The predicted molar refractivity (Wildman–Crippen MR) is 135 cm³/mol. The van der Waals surface area contributed by atoms with Gasteiger partial charge in [0.1, 0.15) is 0 Å². The second kappa shape index (κ2) is 25.5. The molecule has 1 radical (unpaired) electrons. The minimum atomic E-state index is -0.630. The molecule has 0 aromatic rings. The molecule has 211 valence electrons. The van der Waals surface area contributed by atoms with Gasteiger partial charge in [-0.1, -0.05) is 0 Å². The number of aliphatic hydroxyl groups excluding tert-OH is 1. The fourth-order valence-electron chi connectivity index (χ4n) is 2.48. The maximum atomic E-state index is 9.22. The molecule has 0 rings (SSSR count). The topological polar surface area (TPSA) is 103 Å². The lowest BCUT2D eigenvalue weighted by molar-refractivity contribution is -0.0887. The molecule has 0 aliphatic heterocycles. The molecule has 0 aliphatic carbocycles. The van der Waals surface area contributed by atoms with Gasteiger partial charge in [-0.2, -0.15) is 0 Å². The first-order chi connectivity index (χ1) is 16.8. The van der Waals surface area contributed by atoms with Gasteiger partial charge in [-0.05, 0) is 40.8 Å². The molecule has 35 heavy (non-hydrogen) atoms. The molecule has 0 aromatic carbocycles. The second-order valence-electron chi connectivity index (χ2n) is 8.56. The number of rotatable bonds is 27. The van der Waals surface area contributed by atoms with Gasteiger partial charge in [0, 0.05) is 0 Å². The van der Waals surface area contributed by atoms with Crippen molar-refractivity contribution in [3.05, 3.63) is 0 Å². The molecular weight excluding hydrogens is 476 g/mol. The average molecular weight is 528 g/mol. The van der Waals surface area contributed by atoms with Crippen LogP contribution in [0.3, 0.4) is 0 Å². The monoisotopic (exact) mass is 527 g/mol. The summed E-state index contributed by atoms with van der Waals surface area (Å²) in [6.07, 6.45) is -0.626. The number of hydrogen-bond acceptors (Lipinski definition) is 10. The van der Waals surface area contributed by atoms with Crippen molar-refractivity contribution in [1.82, 2.24) is 0 Å². The highest BCUT2D eigenvalue weighted by Crippen LogP contribution is 2.01. The Bertz CT molecular complexity index is 431. The number of ether oxygens (including phenoxy) is 8. The molecule has 0 saturated carbocycles. The van der Waals surface area contributed by atoms with Crippen LogP contribution in [0.15, 0.2) is 0 Å². The van der Waals surface area contributed by atoms with E-state index in [0.717, 1.165) is 0 Å². The van der Waals surface area contributed by atoms with Gasteiger partial charge in [-0.3, -0.25) is 0 Å². The fourth-order valence-corrected chi connectivity index (χ4v) is 2.97. The van der Waals surface area contributed by atoms with E-state index in [1.165, 1.54) is 0 Å². The van der Waals surface area contributed by atoms with E-state index in [1.807, 2.05) is 20.8 Å². The standard InChI is InChI=1S/C24H51O10Si/c1-21(25)17-31-23(3)19-33-24(4)20-32-22(2)18-30-14-13-28-10-9-26-7-8-27-11-12-29-15-16-34-35(5)6/h21-25H,7-20H2,1-6H3. The maximum absolute atomic E-state index is 9.22. The Kier molecular flexibility index (Phi) is 25.3. The van der Waals surface area contributed by atoms with Gasteiger partial charge < -0.3 is 47.4 Å². The third-order valence-corrected chi connectivity index (χ3v) is 5.09. The molecule has 11 heteroatoms. The van der Waals surface area contributed by atoms with Crippen molar-refractivity contribution in [3.8, 4) is 0 Å². The molecular formula is C24H51O10Si. The van der Waals surface area contributed by atoms with Gasteiger partial charge >= 0.3 is 0 Å². The van der Waals surface area contributed by atoms with Crippen molar-refractivity contribution in [2.45, 2.75) is 65.2 Å². The minimum absolute atomic E-state index is 0.0340. The first kappa shape index (κ1) is 34.8. The van der Waals surface area contributed by atoms with E-state index in [9.17, 15) is 5.11 Å². The fraction of sp³-hybridized carbons (Fsp3) is 1.00. The Labute approximate surface area is 214 Å². The molecule has 0 aromatic heterocycles. The molecule has 0 bridgehead atoms. The normalized spacial score (nSPS) is 15.4. The molecule has 0 amide bonds. The smallest absolute Gasteiger partial charge is 0.205 e. The summed E-state index contributed by atoms with van der Waals surface area (Å²) in [6.45, 7) is 19.0. The van der Waals surface area contributed by atoms with Crippen LogP contribution in [-0.2, 0) is 42.3 Å². The lowest BCUT2D eigenvalue weighted by Crippen LogP contribution is -2.28. The molecule has 1 N–H and O–H groups in total. The van der Waals surface area contributed by atoms with Crippen LogP contribution in [0.5, 0.6) is 0 Å². The van der Waals surface area contributed by atoms with Gasteiger partial charge in [0.05, 0.1) is 117 Å². The van der Waals surface area contributed by atoms with Crippen LogP contribution in [0.4, 0.5) is 0 Å². The highest BCUT2D eigenvalue weighted by atomic mass is 28.3. The summed E-state index contributed by atoms with van der Waals surface area (Å²) < 4.78 is 49.8. The highest BCUT2D eigenvalue weighted by Gasteiger charge is 2.10. The maximum Gasteiger partial charge on any atom is 0.205 e. The van der Waals surface area contributed by atoms with E-state index in [0.29, 0.717) is 92.5 Å². The van der Waals surface area contributed by atoms with E-state index in [4.69, 9.17) is 42.3 Å². The first-order valence-corrected chi connectivity index (χ1v) is 15.1. The summed E-state index contributed by atoms with van der Waals surface area (Å²) in [4.78, 5) is 0. The van der Waals surface area contributed by atoms with Crippen LogP contribution in [0.1, 0.15) is 27.7 Å². The first-order valence-electron chi connectivity index (χ1n) is 12.7. The lowest BCUT2D eigenvalue weighted by Gasteiger charge is -2.20. The van der Waals surface area contributed by atoms with Crippen LogP contribution in [0, 0.1) is 0 Å². The summed E-state index contributed by atoms with van der Waals surface area (Å²) in [5.74, 6) is 0. The Morgan fingerprint density at radius 2 is 0.829 bits per heavy atom. The molecule has 0 heterocycles. The van der Waals surface area contributed by atoms with Gasteiger partial charge in [-0.15, -0.1) is 0 Å². The molecule has 0 saturated heterocycles. The molecule has 10 nitrogen and oxygen atoms in total. The van der Waals surface area contributed by atoms with E-state index in [2.05, 4.69) is 13.1 Å². The van der Waals surface area contributed by atoms with Gasteiger partial charge in [-0.25, -0.2) is 0 Å². The Morgan fingerprint density at radius 3 is 1.23 bits per heavy atom. The van der Waals surface area contributed by atoms with Gasteiger partial charge in [0.2, 0.25) is 9.04 Å². The predicted octanol–water partition coefficient (Wildman–Crippen LogP) is 1.93. The van der Waals surface area contributed by atoms with Crippen molar-refractivity contribution < 1.29 is 47.4 Å². The molecule has 4 atom stereocenters. The zero-order valence-corrected chi connectivity index (χ0v) is 23.8. The van der Waals surface area contributed by atoms with Gasteiger partial charge in [0.25, 0.3) is 0 Å². The Balaban J connectivity index is 3.32. The van der Waals surface area contributed by atoms with Crippen molar-refractivity contribution >= 4 is 9.04 Å². The largest absolute Gasteiger partial charge is 0.415 e. The van der Waals surface area contributed by atoms with Crippen LogP contribution < -0.4 is 0 Å². The zero-order chi connectivity index (χ0) is 26.2. The van der Waals surface area contributed by atoms with Crippen LogP contribution in [0.2, 0.25) is 13.1 Å². The van der Waals surface area contributed by atoms with E-state index in [-0.39, 0.29) is 18.3 Å². The van der Waals surface area contributed by atoms with E-state index in [1.54, 1.807) is 6.92 Å². The summed E-state index contributed by atoms with van der Waals surface area (Å²) in [5.41, 5.74) is 0. The lowest BCUT2D eigenvalue weighted by atomic mass is 10.3. The summed E-state index contributed by atoms with van der Waals surface area (Å²) in [6, 6.07) is 0. The van der Waals surface area contributed by atoms with Crippen molar-refractivity contribution in [2.75, 3.05) is 92.5 Å². The average Bonchev–Trinajstić information content (AvgIpc) is 2.81. The highest BCUT2D eigenvalue weighted by molar-refractivity contribution is 6.48.